The Morgan fingerprint density at radius 1 is 1.31 bits per heavy atom. The summed E-state index contributed by atoms with van der Waals surface area (Å²) >= 11 is 6.49. The lowest BCUT2D eigenvalue weighted by Gasteiger charge is -2.30. The van der Waals surface area contributed by atoms with Gasteiger partial charge in [0.05, 0.1) is 21.4 Å². The summed E-state index contributed by atoms with van der Waals surface area (Å²) in [6.07, 6.45) is 1.89. The zero-order valence-electron chi connectivity index (χ0n) is 15.7. The number of aliphatic hydroxyl groups is 1. The number of aryl methyl sites for hydroxylation is 2. The van der Waals surface area contributed by atoms with Gasteiger partial charge < -0.3 is 15.3 Å². The third kappa shape index (κ3) is 5.37. The molecule has 156 valence electrons. The normalized spacial score (nSPS) is 14.8. The van der Waals surface area contributed by atoms with E-state index in [1.165, 1.54) is 29.3 Å². The predicted molar refractivity (Wildman–Crippen MR) is 120 cm³/mol. The molecule has 0 saturated heterocycles. The van der Waals surface area contributed by atoms with E-state index in [2.05, 4.69) is 11.4 Å². The van der Waals surface area contributed by atoms with E-state index < -0.39 is 10.0 Å². The van der Waals surface area contributed by atoms with Crippen molar-refractivity contribution >= 4 is 55.4 Å². The van der Waals surface area contributed by atoms with E-state index in [1.807, 2.05) is 24.0 Å². The van der Waals surface area contributed by atoms with Crippen molar-refractivity contribution in [3.63, 3.8) is 0 Å². The van der Waals surface area contributed by atoms with Crippen molar-refractivity contribution < 1.29 is 18.3 Å². The Labute approximate surface area is 178 Å². The van der Waals surface area contributed by atoms with Crippen molar-refractivity contribution in [3.05, 3.63) is 52.5 Å². The number of rotatable bonds is 4. The number of carbonyl (C=O) groups excluding carboxylic acids is 1. The number of benzene rings is 2. The summed E-state index contributed by atoms with van der Waals surface area (Å²) in [6.45, 7) is 2.73. The molecular weight excluding hydrogens is 434 g/mol. The first-order valence-electron chi connectivity index (χ1n) is 8.88. The van der Waals surface area contributed by atoms with Crippen LogP contribution in [0.15, 0.2) is 41.3 Å². The van der Waals surface area contributed by atoms with Crippen LogP contribution in [-0.2, 0) is 21.2 Å². The maximum atomic E-state index is 12.3. The fourth-order valence-corrected chi connectivity index (χ4v) is 4.70. The first-order valence-corrected chi connectivity index (χ1v) is 11.9. The second-order valence-electron chi connectivity index (χ2n) is 6.74. The number of thiol groups is 1. The van der Waals surface area contributed by atoms with Crippen LogP contribution in [0.3, 0.4) is 0 Å². The van der Waals surface area contributed by atoms with Crippen LogP contribution in [-0.4, -0.2) is 36.9 Å². The van der Waals surface area contributed by atoms with Gasteiger partial charge in [-0.3, -0.25) is 4.79 Å². The standard InChI is InChI=1S/C19H22ClN3O4S2/c1-12-4-7-17-13(9-12)3-2-8-23(17)19(25)28-11-18(24)22-16-6-5-14(10-15(16)20)29(21,26)27/h4-7,9-10,25,28H,2-3,8,11H2,1H3,(H,22,24)(H2,21,26,27). The Balaban J connectivity index is 1.69. The highest BCUT2D eigenvalue weighted by molar-refractivity contribution is 7.99. The van der Waals surface area contributed by atoms with Gasteiger partial charge in [-0.1, -0.05) is 29.3 Å². The lowest BCUT2D eigenvalue weighted by molar-refractivity contribution is -0.113. The minimum atomic E-state index is -3.87. The number of nitrogens with zero attached hydrogens (tertiary/aromatic N) is 1. The van der Waals surface area contributed by atoms with E-state index in [0.29, 0.717) is 17.9 Å². The van der Waals surface area contributed by atoms with E-state index in [4.69, 9.17) is 16.7 Å². The lowest BCUT2D eigenvalue weighted by atomic mass is 10.0. The molecule has 0 radical (unpaired) electrons. The molecule has 29 heavy (non-hydrogen) atoms. The molecular formula is C19H22ClN3O4S2. The predicted octanol–water partition coefficient (Wildman–Crippen LogP) is 2.80. The van der Waals surface area contributed by atoms with E-state index in [1.54, 1.807) is 0 Å². The first kappa shape index (κ1) is 21.8. The molecule has 1 aliphatic heterocycles. The minimum absolute atomic E-state index is 0.0246. The van der Waals surface area contributed by atoms with Gasteiger partial charge in [-0.15, -0.1) is 11.4 Å². The van der Waals surface area contributed by atoms with E-state index in [9.17, 15) is 18.3 Å². The average molecular weight is 456 g/mol. The Morgan fingerprint density at radius 2 is 2.07 bits per heavy atom. The summed E-state index contributed by atoms with van der Waals surface area (Å²) in [5.74, 6) is -0.332. The van der Waals surface area contributed by atoms with Crippen molar-refractivity contribution in [1.29, 1.82) is 0 Å². The van der Waals surface area contributed by atoms with Crippen LogP contribution in [0.4, 0.5) is 11.4 Å². The molecule has 0 saturated carbocycles. The zero-order valence-corrected chi connectivity index (χ0v) is 18.2. The van der Waals surface area contributed by atoms with Crippen LogP contribution in [0.5, 0.6) is 0 Å². The smallest absolute Gasteiger partial charge is 0.238 e. The lowest BCUT2D eigenvalue weighted by Crippen LogP contribution is -2.35. The van der Waals surface area contributed by atoms with Crippen LogP contribution in [0.2, 0.25) is 5.02 Å². The Kier molecular flexibility index (Phi) is 6.65. The van der Waals surface area contributed by atoms with Gasteiger partial charge in [-0.05, 0) is 49.6 Å². The molecule has 0 unspecified atom stereocenters. The van der Waals surface area contributed by atoms with Crippen molar-refractivity contribution in [2.45, 2.75) is 24.7 Å². The fraction of sp³-hybridized carbons (Fsp3) is 0.263. The minimum Gasteiger partial charge on any atom is -0.342 e. The van der Waals surface area contributed by atoms with E-state index in [0.717, 1.165) is 18.5 Å². The molecule has 4 N–H and O–H groups in total. The largest absolute Gasteiger partial charge is 0.342 e. The van der Waals surface area contributed by atoms with Gasteiger partial charge in [0.1, 0.15) is 0 Å². The molecule has 0 atom stereocenters. The highest BCUT2D eigenvalue weighted by Crippen LogP contribution is 2.29. The molecule has 1 amide bonds. The van der Waals surface area contributed by atoms with Crippen LogP contribution in [0, 0.1) is 6.92 Å². The summed E-state index contributed by atoms with van der Waals surface area (Å²) in [6, 6.07) is 9.93. The number of primary sulfonamides is 1. The van der Waals surface area contributed by atoms with Gasteiger partial charge in [0.2, 0.25) is 15.9 Å². The highest BCUT2D eigenvalue weighted by Gasteiger charge is 2.19. The van der Waals surface area contributed by atoms with Crippen molar-refractivity contribution in [2.24, 2.45) is 5.14 Å². The second-order valence-corrected chi connectivity index (χ2v) is 9.74. The number of fused-ring (bicyclic) bond motifs is 1. The quantitative estimate of drug-likeness (QED) is 0.418. The number of halogens is 1. The van der Waals surface area contributed by atoms with Gasteiger partial charge >= 0.3 is 0 Å². The number of aliphatic hydroxyl groups excluding tert-OH is 1. The maximum absolute atomic E-state index is 12.3. The molecule has 1 heterocycles. The van der Waals surface area contributed by atoms with E-state index in [-0.39, 0.29) is 32.4 Å². The summed E-state index contributed by atoms with van der Waals surface area (Å²) in [5, 5.41) is 18.4. The number of hydrogen-bond acceptors (Lipinski definition) is 3. The van der Waals surface area contributed by atoms with Crippen LogP contribution in [0.1, 0.15) is 17.5 Å². The molecule has 2 aromatic rings. The topological polar surface area (TPSA) is 113 Å². The molecule has 0 aliphatic carbocycles. The number of carbonyl (C=O) groups is 1. The van der Waals surface area contributed by atoms with Crippen LogP contribution in [0.25, 0.3) is 0 Å². The monoisotopic (exact) mass is 455 g/mol. The summed E-state index contributed by atoms with van der Waals surface area (Å²) < 4.78 is 22.7. The van der Waals surface area contributed by atoms with Gasteiger partial charge in [-0.25, -0.2) is 13.6 Å². The van der Waals surface area contributed by atoms with Gasteiger partial charge in [0, 0.05) is 12.2 Å². The average Bonchev–Trinajstić information content (AvgIpc) is 2.66. The van der Waals surface area contributed by atoms with Crippen molar-refractivity contribution in [3.8, 4) is 0 Å². The van der Waals surface area contributed by atoms with Crippen LogP contribution >= 0.6 is 23.0 Å². The molecule has 0 aromatic heterocycles. The molecule has 10 heteroatoms. The molecule has 0 spiro atoms. The number of nitrogens with two attached hydrogens (primary N) is 1. The number of anilines is 2. The third-order valence-corrected chi connectivity index (χ3v) is 6.70. The molecule has 1 aliphatic rings. The van der Waals surface area contributed by atoms with E-state index >= 15 is 0 Å². The van der Waals surface area contributed by atoms with Gasteiger partial charge in [0.15, 0.2) is 5.17 Å². The Hall–Kier alpha value is -1.91. The molecule has 0 bridgehead atoms. The molecule has 0 fully saturated rings. The summed E-state index contributed by atoms with van der Waals surface area (Å²) in [7, 11) is -3.87. The SMILES string of the molecule is Cc1ccc2c(c1)CCCN2C(O)=[SH]CC(=O)Nc1ccc(S(N)(=O)=O)cc1Cl. The highest BCUT2D eigenvalue weighted by atomic mass is 35.5. The maximum Gasteiger partial charge on any atom is 0.238 e. The first-order chi connectivity index (χ1) is 13.6. The summed E-state index contributed by atoms with van der Waals surface area (Å²) in [5.41, 5.74) is 3.60. The number of sulfonamides is 1. The third-order valence-electron chi connectivity index (χ3n) is 4.50. The number of amides is 1. The number of nitrogens with one attached hydrogen (secondary N) is 1. The molecule has 7 nitrogen and oxygen atoms in total. The van der Waals surface area contributed by atoms with Gasteiger partial charge in [0.25, 0.3) is 0 Å². The molecule has 3 rings (SSSR count). The Morgan fingerprint density at radius 3 is 2.76 bits per heavy atom. The number of hydrogen-bond donors (Lipinski definition) is 4. The summed E-state index contributed by atoms with van der Waals surface area (Å²) in [4.78, 5) is 14.0. The zero-order chi connectivity index (χ0) is 21.2. The van der Waals surface area contributed by atoms with Gasteiger partial charge in [-0.2, -0.15) is 0 Å². The molecule has 2 aromatic carbocycles. The van der Waals surface area contributed by atoms with Crippen molar-refractivity contribution in [2.75, 3.05) is 22.5 Å². The Bertz CT molecular complexity index is 1090. The fourth-order valence-electron chi connectivity index (χ4n) is 3.13. The van der Waals surface area contributed by atoms with Crippen LogP contribution < -0.4 is 15.4 Å². The second kappa shape index (κ2) is 8.85. The van der Waals surface area contributed by atoms with Crippen molar-refractivity contribution in [1.82, 2.24) is 0 Å².